The van der Waals surface area contributed by atoms with Crippen molar-refractivity contribution in [1.82, 2.24) is 4.98 Å². The van der Waals surface area contributed by atoms with Crippen LogP contribution in [-0.2, 0) is 0 Å². The second kappa shape index (κ2) is 4.68. The Hall–Kier alpha value is -1.67. The lowest BCUT2D eigenvalue weighted by molar-refractivity contribution is 0.220. The lowest BCUT2D eigenvalue weighted by Gasteiger charge is -2.13. The van der Waals surface area contributed by atoms with E-state index in [1.54, 1.807) is 6.20 Å². The van der Waals surface area contributed by atoms with Crippen LogP contribution in [0, 0.1) is 20.8 Å². The van der Waals surface area contributed by atoms with Crippen LogP contribution in [0.1, 0.15) is 34.1 Å². The number of nitrogens with zero attached hydrogens (tertiary/aromatic N) is 1. The van der Waals surface area contributed by atoms with Gasteiger partial charge < -0.3 is 5.11 Å². The third-order valence-electron chi connectivity index (χ3n) is 3.08. The van der Waals surface area contributed by atoms with Crippen LogP contribution in [0.4, 0.5) is 0 Å². The molecule has 1 unspecified atom stereocenters. The van der Waals surface area contributed by atoms with Gasteiger partial charge >= 0.3 is 0 Å². The number of aromatic nitrogens is 1. The molecule has 1 heterocycles. The molecule has 0 bridgehead atoms. The first-order valence-electron chi connectivity index (χ1n) is 5.75. The topological polar surface area (TPSA) is 33.1 Å². The summed E-state index contributed by atoms with van der Waals surface area (Å²) in [4.78, 5) is 4.14. The second-order valence-corrected chi connectivity index (χ2v) is 4.48. The van der Waals surface area contributed by atoms with Crippen molar-refractivity contribution in [2.75, 3.05) is 0 Å². The number of aliphatic hydroxyl groups excluding tert-OH is 1. The maximum atomic E-state index is 10.3. The first-order chi connectivity index (χ1) is 8.08. The molecule has 0 saturated carbocycles. The van der Waals surface area contributed by atoms with E-state index < -0.39 is 6.10 Å². The minimum absolute atomic E-state index is 0.573. The predicted molar refractivity (Wildman–Crippen MR) is 69.0 cm³/mol. The first kappa shape index (κ1) is 11.8. The summed E-state index contributed by atoms with van der Waals surface area (Å²) in [6, 6.07) is 9.83. The Morgan fingerprint density at radius 1 is 0.941 bits per heavy atom. The molecular formula is C15H17NO. The van der Waals surface area contributed by atoms with Crippen molar-refractivity contribution in [1.29, 1.82) is 0 Å². The number of benzene rings is 1. The zero-order valence-electron chi connectivity index (χ0n) is 10.4. The third-order valence-corrected chi connectivity index (χ3v) is 3.08. The molecule has 0 spiro atoms. The van der Waals surface area contributed by atoms with Gasteiger partial charge in [-0.3, -0.25) is 4.98 Å². The van der Waals surface area contributed by atoms with Gasteiger partial charge in [0.1, 0.15) is 6.10 Å². The summed E-state index contributed by atoms with van der Waals surface area (Å²) in [6.07, 6.45) is 1.16. The summed E-state index contributed by atoms with van der Waals surface area (Å²) in [5, 5.41) is 10.3. The summed E-state index contributed by atoms with van der Waals surface area (Å²) in [6.45, 7) is 6.06. The van der Waals surface area contributed by atoms with Gasteiger partial charge in [-0.15, -0.1) is 0 Å². The largest absolute Gasteiger partial charge is 0.384 e. The second-order valence-electron chi connectivity index (χ2n) is 4.48. The number of hydrogen-bond donors (Lipinski definition) is 1. The highest BCUT2D eigenvalue weighted by Crippen LogP contribution is 2.23. The highest BCUT2D eigenvalue weighted by Gasteiger charge is 2.11. The molecule has 0 radical (unpaired) electrons. The number of rotatable bonds is 2. The van der Waals surface area contributed by atoms with Crippen LogP contribution >= 0.6 is 0 Å². The van der Waals surface area contributed by atoms with E-state index in [2.05, 4.69) is 18.8 Å². The predicted octanol–water partition coefficient (Wildman–Crippen LogP) is 3.09. The van der Waals surface area contributed by atoms with E-state index in [1.807, 2.05) is 37.3 Å². The summed E-state index contributed by atoms with van der Waals surface area (Å²) < 4.78 is 0. The maximum absolute atomic E-state index is 10.3. The SMILES string of the molecule is Cc1cc(C(O)c2ccc(C)c(C)c2)ccn1. The Morgan fingerprint density at radius 3 is 2.29 bits per heavy atom. The summed E-state index contributed by atoms with van der Waals surface area (Å²) in [5.41, 5.74) is 5.18. The van der Waals surface area contributed by atoms with Crippen LogP contribution in [0.5, 0.6) is 0 Å². The van der Waals surface area contributed by atoms with Gasteiger partial charge in [0.15, 0.2) is 0 Å². The Balaban J connectivity index is 2.36. The monoisotopic (exact) mass is 227 g/mol. The van der Waals surface area contributed by atoms with Crippen LogP contribution in [0.15, 0.2) is 36.5 Å². The van der Waals surface area contributed by atoms with E-state index in [-0.39, 0.29) is 0 Å². The molecule has 2 heteroatoms. The maximum Gasteiger partial charge on any atom is 0.104 e. The standard InChI is InChI=1S/C15H17NO/c1-10-4-5-13(8-11(10)2)15(17)14-6-7-16-12(3)9-14/h4-9,15,17H,1-3H3. The van der Waals surface area contributed by atoms with Crippen molar-refractivity contribution >= 4 is 0 Å². The van der Waals surface area contributed by atoms with Crippen molar-refractivity contribution in [3.8, 4) is 0 Å². The quantitative estimate of drug-likeness (QED) is 0.855. The number of hydrogen-bond acceptors (Lipinski definition) is 2. The molecule has 0 aliphatic rings. The summed E-state index contributed by atoms with van der Waals surface area (Å²) in [5.74, 6) is 0. The molecule has 88 valence electrons. The molecule has 2 aromatic rings. The number of pyridine rings is 1. The van der Waals surface area contributed by atoms with Crippen molar-refractivity contribution in [3.63, 3.8) is 0 Å². The smallest absolute Gasteiger partial charge is 0.104 e. The normalized spacial score (nSPS) is 12.5. The molecule has 2 nitrogen and oxygen atoms in total. The molecule has 0 fully saturated rings. The molecule has 0 aliphatic heterocycles. The first-order valence-corrected chi connectivity index (χ1v) is 5.75. The van der Waals surface area contributed by atoms with Crippen LogP contribution in [-0.4, -0.2) is 10.1 Å². The summed E-state index contributed by atoms with van der Waals surface area (Å²) >= 11 is 0. The highest BCUT2D eigenvalue weighted by atomic mass is 16.3. The number of aryl methyl sites for hydroxylation is 3. The molecule has 0 aliphatic carbocycles. The Morgan fingerprint density at radius 2 is 1.65 bits per heavy atom. The van der Waals surface area contributed by atoms with E-state index in [0.717, 1.165) is 16.8 Å². The van der Waals surface area contributed by atoms with Gasteiger partial charge in [0.25, 0.3) is 0 Å². The molecule has 2 rings (SSSR count). The van der Waals surface area contributed by atoms with Crippen LogP contribution in [0.25, 0.3) is 0 Å². The fourth-order valence-electron chi connectivity index (χ4n) is 1.86. The van der Waals surface area contributed by atoms with E-state index in [1.165, 1.54) is 11.1 Å². The lowest BCUT2D eigenvalue weighted by Crippen LogP contribution is -2.01. The minimum Gasteiger partial charge on any atom is -0.384 e. The van der Waals surface area contributed by atoms with Gasteiger partial charge in [-0.05, 0) is 55.2 Å². The third kappa shape index (κ3) is 2.53. The lowest BCUT2D eigenvalue weighted by atomic mass is 9.98. The van der Waals surface area contributed by atoms with E-state index in [4.69, 9.17) is 0 Å². The zero-order chi connectivity index (χ0) is 12.4. The van der Waals surface area contributed by atoms with Crippen molar-refractivity contribution in [2.24, 2.45) is 0 Å². The van der Waals surface area contributed by atoms with Crippen molar-refractivity contribution < 1.29 is 5.11 Å². The van der Waals surface area contributed by atoms with Gasteiger partial charge in [-0.2, -0.15) is 0 Å². The van der Waals surface area contributed by atoms with Gasteiger partial charge in [-0.1, -0.05) is 18.2 Å². The van der Waals surface area contributed by atoms with E-state index in [0.29, 0.717) is 0 Å². The highest BCUT2D eigenvalue weighted by molar-refractivity contribution is 5.35. The van der Waals surface area contributed by atoms with E-state index in [9.17, 15) is 5.11 Å². The van der Waals surface area contributed by atoms with Crippen molar-refractivity contribution in [3.05, 3.63) is 64.5 Å². The Bertz CT molecular complexity index is 534. The fourth-order valence-corrected chi connectivity index (χ4v) is 1.86. The van der Waals surface area contributed by atoms with Crippen LogP contribution in [0.2, 0.25) is 0 Å². The molecule has 1 aromatic carbocycles. The molecule has 1 aromatic heterocycles. The molecule has 17 heavy (non-hydrogen) atoms. The van der Waals surface area contributed by atoms with E-state index >= 15 is 0 Å². The molecule has 1 N–H and O–H groups in total. The van der Waals surface area contributed by atoms with Gasteiger partial charge in [0.05, 0.1) is 0 Å². The van der Waals surface area contributed by atoms with Crippen LogP contribution in [0.3, 0.4) is 0 Å². The van der Waals surface area contributed by atoms with Gasteiger partial charge in [0.2, 0.25) is 0 Å². The van der Waals surface area contributed by atoms with Crippen LogP contribution < -0.4 is 0 Å². The van der Waals surface area contributed by atoms with Gasteiger partial charge in [-0.25, -0.2) is 0 Å². The molecule has 1 atom stereocenters. The Kier molecular flexibility index (Phi) is 3.25. The average molecular weight is 227 g/mol. The summed E-state index contributed by atoms with van der Waals surface area (Å²) in [7, 11) is 0. The van der Waals surface area contributed by atoms with Crippen molar-refractivity contribution in [2.45, 2.75) is 26.9 Å². The Labute approximate surface area is 102 Å². The molecular weight excluding hydrogens is 210 g/mol. The van der Waals surface area contributed by atoms with Gasteiger partial charge in [0, 0.05) is 11.9 Å². The molecule has 0 saturated heterocycles. The minimum atomic E-state index is -0.573. The average Bonchev–Trinajstić information content (AvgIpc) is 2.32. The zero-order valence-corrected chi connectivity index (χ0v) is 10.4. The number of aliphatic hydroxyl groups is 1. The fraction of sp³-hybridized carbons (Fsp3) is 0.267. The molecule has 0 amide bonds.